The molecule has 0 aromatic heterocycles. The van der Waals surface area contributed by atoms with Crippen LogP contribution in [0.3, 0.4) is 0 Å². The molecule has 0 aliphatic heterocycles. The van der Waals surface area contributed by atoms with Crippen LogP contribution in [0.4, 0.5) is 0 Å². The lowest BCUT2D eigenvalue weighted by Crippen LogP contribution is -2.31. The van der Waals surface area contributed by atoms with Crippen molar-refractivity contribution in [1.29, 1.82) is 0 Å². The molecule has 0 heterocycles. The van der Waals surface area contributed by atoms with Crippen molar-refractivity contribution in [2.45, 2.75) is 38.6 Å². The second kappa shape index (κ2) is 8.32. The minimum atomic E-state index is -3.46. The smallest absolute Gasteiger partial charge is 0.243 e. The first-order chi connectivity index (χ1) is 9.98. The molecular weight excluding hydrogens is 284 g/mol. The summed E-state index contributed by atoms with van der Waals surface area (Å²) in [4.78, 5) is 0.391. The van der Waals surface area contributed by atoms with Gasteiger partial charge in [-0.25, -0.2) is 8.42 Å². The van der Waals surface area contributed by atoms with Gasteiger partial charge >= 0.3 is 0 Å². The quantitative estimate of drug-likeness (QED) is 0.563. The van der Waals surface area contributed by atoms with Gasteiger partial charge in [-0.2, -0.15) is 4.31 Å². The third-order valence-corrected chi connectivity index (χ3v) is 5.53. The second-order valence-corrected chi connectivity index (χ2v) is 6.87. The molecule has 0 saturated heterocycles. The van der Waals surface area contributed by atoms with Gasteiger partial charge in [-0.15, -0.1) is 6.58 Å². The zero-order chi connectivity index (χ0) is 15.9. The number of sulfonamides is 1. The van der Waals surface area contributed by atoms with Crippen molar-refractivity contribution in [2.75, 3.05) is 19.6 Å². The van der Waals surface area contributed by atoms with E-state index in [1.54, 1.807) is 12.1 Å². The lowest BCUT2D eigenvalue weighted by Gasteiger charge is -2.21. The first-order valence-corrected chi connectivity index (χ1v) is 8.83. The summed E-state index contributed by atoms with van der Waals surface area (Å²) in [6.07, 6.45) is 2.67. The molecule has 0 atom stereocenters. The van der Waals surface area contributed by atoms with Gasteiger partial charge in [0.2, 0.25) is 10.0 Å². The van der Waals surface area contributed by atoms with Crippen molar-refractivity contribution in [3.63, 3.8) is 0 Å². The fraction of sp³-hybridized carbons (Fsp3) is 0.500. The van der Waals surface area contributed by atoms with E-state index in [9.17, 15) is 8.42 Å². The molecule has 4 nitrogen and oxygen atoms in total. The van der Waals surface area contributed by atoms with Crippen molar-refractivity contribution in [2.24, 2.45) is 0 Å². The highest BCUT2D eigenvalue weighted by Gasteiger charge is 2.24. The van der Waals surface area contributed by atoms with Crippen LogP contribution >= 0.6 is 0 Å². The zero-order valence-corrected chi connectivity index (χ0v) is 14.0. The SMILES string of the molecule is C=CCN(CC)S(=O)(=O)c1cccc(CNCCC)c1C. The number of benzene rings is 1. The average molecular weight is 310 g/mol. The highest BCUT2D eigenvalue weighted by Crippen LogP contribution is 2.22. The Balaban J connectivity index is 3.12. The number of hydrogen-bond donors (Lipinski definition) is 1. The van der Waals surface area contributed by atoms with Crippen molar-refractivity contribution < 1.29 is 8.42 Å². The zero-order valence-electron chi connectivity index (χ0n) is 13.2. The van der Waals surface area contributed by atoms with Crippen LogP contribution in [0, 0.1) is 6.92 Å². The Labute approximate surface area is 128 Å². The van der Waals surface area contributed by atoms with Crippen molar-refractivity contribution in [1.82, 2.24) is 9.62 Å². The number of nitrogens with zero attached hydrogens (tertiary/aromatic N) is 1. The van der Waals surface area contributed by atoms with Crippen LogP contribution in [0.1, 0.15) is 31.4 Å². The van der Waals surface area contributed by atoms with Crippen LogP contribution in [0.25, 0.3) is 0 Å². The number of likely N-dealkylation sites (N-methyl/N-ethyl adjacent to an activating group) is 1. The molecular formula is C16H26N2O2S. The first-order valence-electron chi connectivity index (χ1n) is 7.39. The van der Waals surface area contributed by atoms with Crippen molar-refractivity contribution >= 4 is 10.0 Å². The first kappa shape index (κ1) is 17.9. The van der Waals surface area contributed by atoms with Crippen LogP contribution in [-0.4, -0.2) is 32.4 Å². The molecule has 0 bridgehead atoms. The summed E-state index contributed by atoms with van der Waals surface area (Å²) in [5, 5.41) is 3.31. The largest absolute Gasteiger partial charge is 0.313 e. The molecule has 21 heavy (non-hydrogen) atoms. The van der Waals surface area contributed by atoms with E-state index in [1.165, 1.54) is 4.31 Å². The summed E-state index contributed by atoms with van der Waals surface area (Å²) in [7, 11) is -3.46. The summed E-state index contributed by atoms with van der Waals surface area (Å²) in [5.74, 6) is 0. The molecule has 0 unspecified atom stereocenters. The van der Waals surface area contributed by atoms with Crippen molar-refractivity contribution in [3.8, 4) is 0 Å². The molecule has 0 aliphatic carbocycles. The lowest BCUT2D eigenvalue weighted by atomic mass is 10.1. The minimum absolute atomic E-state index is 0.330. The molecule has 1 rings (SSSR count). The van der Waals surface area contributed by atoms with E-state index >= 15 is 0 Å². The van der Waals surface area contributed by atoms with Gasteiger partial charge in [-0.05, 0) is 37.1 Å². The Kier molecular flexibility index (Phi) is 7.08. The highest BCUT2D eigenvalue weighted by atomic mass is 32.2. The maximum absolute atomic E-state index is 12.7. The third-order valence-electron chi connectivity index (χ3n) is 3.44. The number of nitrogens with one attached hydrogen (secondary N) is 1. The van der Waals surface area contributed by atoms with Gasteiger partial charge in [-0.1, -0.05) is 32.1 Å². The van der Waals surface area contributed by atoms with Crippen LogP contribution < -0.4 is 5.32 Å². The van der Waals surface area contributed by atoms with Crippen LogP contribution in [0.15, 0.2) is 35.7 Å². The van der Waals surface area contributed by atoms with Crippen molar-refractivity contribution in [3.05, 3.63) is 42.0 Å². The Morgan fingerprint density at radius 1 is 1.33 bits per heavy atom. The fourth-order valence-electron chi connectivity index (χ4n) is 2.21. The van der Waals surface area contributed by atoms with E-state index in [4.69, 9.17) is 0 Å². The Bertz CT molecular complexity index is 568. The average Bonchev–Trinajstić information content (AvgIpc) is 2.46. The molecule has 0 spiro atoms. The normalized spacial score (nSPS) is 11.8. The molecule has 1 N–H and O–H groups in total. The topological polar surface area (TPSA) is 49.4 Å². The monoisotopic (exact) mass is 310 g/mol. The summed E-state index contributed by atoms with van der Waals surface area (Å²) >= 11 is 0. The van der Waals surface area contributed by atoms with Gasteiger partial charge in [0.05, 0.1) is 4.90 Å². The summed E-state index contributed by atoms with van der Waals surface area (Å²) in [5.41, 5.74) is 1.85. The molecule has 0 aliphatic rings. The van der Waals surface area contributed by atoms with E-state index in [1.807, 2.05) is 26.0 Å². The molecule has 0 radical (unpaired) electrons. The molecule has 1 aromatic rings. The lowest BCUT2D eigenvalue weighted by molar-refractivity contribution is 0.459. The number of hydrogen-bond acceptors (Lipinski definition) is 3. The maximum atomic E-state index is 12.7. The number of rotatable bonds is 9. The molecule has 1 aromatic carbocycles. The third kappa shape index (κ3) is 4.40. The van der Waals surface area contributed by atoms with Gasteiger partial charge in [-0.3, -0.25) is 0 Å². The van der Waals surface area contributed by atoms with E-state index in [2.05, 4.69) is 18.8 Å². The van der Waals surface area contributed by atoms with Gasteiger partial charge in [0.25, 0.3) is 0 Å². The van der Waals surface area contributed by atoms with E-state index < -0.39 is 10.0 Å². The predicted octanol–water partition coefficient (Wildman–Crippen LogP) is 2.69. The van der Waals surface area contributed by atoms with E-state index in [-0.39, 0.29) is 0 Å². The molecule has 0 saturated carbocycles. The van der Waals surface area contributed by atoms with Gasteiger partial charge in [0.1, 0.15) is 0 Å². The Morgan fingerprint density at radius 3 is 2.62 bits per heavy atom. The van der Waals surface area contributed by atoms with Crippen LogP contribution in [0.2, 0.25) is 0 Å². The highest BCUT2D eigenvalue weighted by molar-refractivity contribution is 7.89. The second-order valence-electron chi connectivity index (χ2n) is 4.96. The standard InChI is InChI=1S/C16H26N2O2S/c1-5-11-17-13-15-9-8-10-16(14(15)4)21(19,20)18(7-3)12-6-2/h6,8-10,17H,2,5,7,11-13H2,1,3-4H3. The van der Waals surface area contributed by atoms with Gasteiger partial charge < -0.3 is 5.32 Å². The molecule has 0 fully saturated rings. The van der Waals surface area contributed by atoms with Gasteiger partial charge in [0, 0.05) is 19.6 Å². The minimum Gasteiger partial charge on any atom is -0.313 e. The van der Waals surface area contributed by atoms with Gasteiger partial charge in [0.15, 0.2) is 0 Å². The molecule has 118 valence electrons. The summed E-state index contributed by atoms with van der Waals surface area (Å²) < 4.78 is 26.9. The molecule has 0 amide bonds. The summed E-state index contributed by atoms with van der Waals surface area (Å²) in [6, 6.07) is 5.46. The summed E-state index contributed by atoms with van der Waals surface area (Å²) in [6.45, 7) is 11.8. The predicted molar refractivity (Wildman–Crippen MR) is 87.8 cm³/mol. The maximum Gasteiger partial charge on any atom is 0.243 e. The Morgan fingerprint density at radius 2 is 2.05 bits per heavy atom. The fourth-order valence-corrected chi connectivity index (χ4v) is 3.90. The van der Waals surface area contributed by atoms with E-state index in [0.29, 0.717) is 24.5 Å². The van der Waals surface area contributed by atoms with E-state index in [0.717, 1.165) is 24.1 Å². The molecule has 5 heteroatoms. The van der Waals surface area contributed by atoms with Crippen LogP contribution in [-0.2, 0) is 16.6 Å². The Hall–Kier alpha value is -1.17. The van der Waals surface area contributed by atoms with Crippen LogP contribution in [0.5, 0.6) is 0 Å².